The summed E-state index contributed by atoms with van der Waals surface area (Å²) in [5.74, 6) is -1.06. The number of thiophene rings is 1. The zero-order valence-electron chi connectivity index (χ0n) is 13.5. The van der Waals surface area contributed by atoms with Gasteiger partial charge in [0.05, 0.1) is 5.39 Å². The number of carboxylic acids is 1. The normalized spacial score (nSPS) is 13.8. The van der Waals surface area contributed by atoms with Crippen LogP contribution in [0.2, 0.25) is 0 Å². The smallest absolute Gasteiger partial charge is 0.326 e. The van der Waals surface area contributed by atoms with E-state index in [4.69, 9.17) is 5.11 Å². The van der Waals surface area contributed by atoms with Crippen molar-refractivity contribution in [1.82, 2.24) is 15.3 Å². The molecule has 0 aliphatic carbocycles. The summed E-state index contributed by atoms with van der Waals surface area (Å²) >= 11 is 1.55. The number of aliphatic carboxylic acids is 1. The van der Waals surface area contributed by atoms with Gasteiger partial charge in [-0.25, -0.2) is 14.8 Å². The van der Waals surface area contributed by atoms with Gasteiger partial charge in [-0.3, -0.25) is 4.79 Å². The quantitative estimate of drug-likeness (QED) is 0.745. The molecule has 2 heterocycles. The number of carboxylic acid groups (broad SMARTS) is 1. The Morgan fingerprint density at radius 3 is 2.57 bits per heavy atom. The van der Waals surface area contributed by atoms with Gasteiger partial charge < -0.3 is 15.7 Å². The van der Waals surface area contributed by atoms with Gasteiger partial charge in [-0.2, -0.15) is 0 Å². The van der Waals surface area contributed by atoms with Crippen molar-refractivity contribution in [3.63, 3.8) is 0 Å². The maximum absolute atomic E-state index is 12.2. The molecule has 2 aromatic heterocycles. The lowest BCUT2D eigenvalue weighted by atomic mass is 10.0. The van der Waals surface area contributed by atoms with Gasteiger partial charge in [0, 0.05) is 4.88 Å². The predicted molar refractivity (Wildman–Crippen MR) is 89.6 cm³/mol. The van der Waals surface area contributed by atoms with Crippen LogP contribution in [0.5, 0.6) is 0 Å². The minimum absolute atomic E-state index is 0.200. The van der Waals surface area contributed by atoms with Crippen LogP contribution < -0.4 is 10.6 Å². The topological polar surface area (TPSA) is 104 Å². The third-order valence-corrected chi connectivity index (χ3v) is 4.39. The number of aromatic nitrogens is 2. The summed E-state index contributed by atoms with van der Waals surface area (Å²) in [7, 11) is 0. The monoisotopic (exact) mass is 336 g/mol. The van der Waals surface area contributed by atoms with Crippen LogP contribution in [0.1, 0.15) is 25.6 Å². The highest BCUT2D eigenvalue weighted by Gasteiger charge is 2.26. The van der Waals surface area contributed by atoms with Crippen LogP contribution in [0.25, 0.3) is 10.2 Å². The lowest BCUT2D eigenvalue weighted by Crippen LogP contribution is -2.49. The molecule has 2 aromatic rings. The molecule has 2 atom stereocenters. The first-order chi connectivity index (χ1) is 10.8. The molecule has 0 radical (unpaired) electrons. The molecule has 0 saturated carbocycles. The third kappa shape index (κ3) is 3.95. The van der Waals surface area contributed by atoms with E-state index in [9.17, 15) is 9.59 Å². The summed E-state index contributed by atoms with van der Waals surface area (Å²) in [6.07, 6.45) is 1.44. The van der Waals surface area contributed by atoms with E-state index in [1.165, 1.54) is 6.33 Å². The largest absolute Gasteiger partial charge is 0.480 e. The Balaban J connectivity index is 2.12. The van der Waals surface area contributed by atoms with Crippen molar-refractivity contribution in [2.45, 2.75) is 39.8 Å². The highest BCUT2D eigenvalue weighted by Crippen LogP contribution is 2.27. The van der Waals surface area contributed by atoms with Crippen molar-refractivity contribution in [1.29, 1.82) is 0 Å². The molecule has 0 aliphatic rings. The summed E-state index contributed by atoms with van der Waals surface area (Å²) in [6, 6.07) is 0.427. The van der Waals surface area contributed by atoms with Crippen LogP contribution in [-0.4, -0.2) is 39.0 Å². The molecule has 2 unspecified atom stereocenters. The Morgan fingerprint density at radius 2 is 1.96 bits per heavy atom. The maximum Gasteiger partial charge on any atom is 0.326 e. The van der Waals surface area contributed by atoms with E-state index in [1.54, 1.807) is 32.1 Å². The SMILES string of the molecule is Cc1cc2c(NC(C)C(=O)NC(C(=O)O)C(C)C)ncnc2s1. The van der Waals surface area contributed by atoms with Crippen LogP contribution in [-0.2, 0) is 9.59 Å². The highest BCUT2D eigenvalue weighted by atomic mass is 32.1. The lowest BCUT2D eigenvalue weighted by Gasteiger charge is -2.21. The second kappa shape index (κ2) is 6.91. The van der Waals surface area contributed by atoms with Crippen molar-refractivity contribution < 1.29 is 14.7 Å². The van der Waals surface area contributed by atoms with E-state index >= 15 is 0 Å². The minimum atomic E-state index is -1.04. The van der Waals surface area contributed by atoms with Crippen molar-refractivity contribution >= 4 is 39.2 Å². The van der Waals surface area contributed by atoms with Gasteiger partial charge in [-0.1, -0.05) is 13.8 Å². The molecule has 2 rings (SSSR count). The summed E-state index contributed by atoms with van der Waals surface area (Å²) in [5.41, 5.74) is 0. The molecule has 8 heteroatoms. The van der Waals surface area contributed by atoms with Gasteiger partial charge in [0.15, 0.2) is 0 Å². The molecule has 1 amide bonds. The molecular weight excluding hydrogens is 316 g/mol. The highest BCUT2D eigenvalue weighted by molar-refractivity contribution is 7.18. The number of hydrogen-bond donors (Lipinski definition) is 3. The molecule has 0 bridgehead atoms. The molecule has 0 spiro atoms. The lowest BCUT2D eigenvalue weighted by molar-refractivity contribution is -0.143. The fourth-order valence-corrected chi connectivity index (χ4v) is 3.00. The Hall–Kier alpha value is -2.22. The van der Waals surface area contributed by atoms with E-state index in [1.807, 2.05) is 13.0 Å². The molecule has 0 fully saturated rings. The summed E-state index contributed by atoms with van der Waals surface area (Å²) in [6.45, 7) is 7.15. The number of nitrogens with one attached hydrogen (secondary N) is 2. The van der Waals surface area contributed by atoms with E-state index in [2.05, 4.69) is 20.6 Å². The predicted octanol–water partition coefficient (Wildman–Crippen LogP) is 2.03. The van der Waals surface area contributed by atoms with Crippen molar-refractivity contribution in [2.75, 3.05) is 5.32 Å². The zero-order chi connectivity index (χ0) is 17.1. The van der Waals surface area contributed by atoms with Gasteiger partial charge in [-0.05, 0) is 25.8 Å². The van der Waals surface area contributed by atoms with Crippen LogP contribution in [0.4, 0.5) is 5.82 Å². The first-order valence-electron chi connectivity index (χ1n) is 7.30. The van der Waals surface area contributed by atoms with E-state index in [0.717, 1.165) is 15.1 Å². The van der Waals surface area contributed by atoms with Gasteiger partial charge in [-0.15, -0.1) is 11.3 Å². The number of carbonyl (C=O) groups excluding carboxylic acids is 1. The minimum Gasteiger partial charge on any atom is -0.480 e. The summed E-state index contributed by atoms with van der Waals surface area (Å²) in [5, 5.41) is 15.6. The average Bonchev–Trinajstić information content (AvgIpc) is 2.85. The molecule has 7 nitrogen and oxygen atoms in total. The number of hydrogen-bond acceptors (Lipinski definition) is 6. The molecule has 23 heavy (non-hydrogen) atoms. The first kappa shape index (κ1) is 17.1. The number of anilines is 1. The van der Waals surface area contributed by atoms with Gasteiger partial charge in [0.25, 0.3) is 0 Å². The molecule has 3 N–H and O–H groups in total. The molecule has 0 aromatic carbocycles. The zero-order valence-corrected chi connectivity index (χ0v) is 14.3. The fraction of sp³-hybridized carbons (Fsp3) is 0.467. The molecule has 0 saturated heterocycles. The Bertz CT molecular complexity index is 729. The van der Waals surface area contributed by atoms with Gasteiger partial charge in [0.2, 0.25) is 5.91 Å². The molecular formula is C15H20N4O3S. The standard InChI is InChI=1S/C15H20N4O3S/c1-7(2)11(15(21)22)19-13(20)9(4)18-12-10-5-8(3)23-14(10)17-6-16-12/h5-7,9,11H,1-4H3,(H,19,20)(H,21,22)(H,16,17,18). The van der Waals surface area contributed by atoms with E-state index < -0.39 is 18.1 Å². The molecule has 124 valence electrons. The van der Waals surface area contributed by atoms with Crippen molar-refractivity contribution in [3.05, 3.63) is 17.3 Å². The van der Waals surface area contributed by atoms with Crippen LogP contribution >= 0.6 is 11.3 Å². The van der Waals surface area contributed by atoms with E-state index in [-0.39, 0.29) is 11.8 Å². The number of fused-ring (bicyclic) bond motifs is 1. The number of amides is 1. The van der Waals surface area contributed by atoms with Crippen molar-refractivity contribution in [3.8, 4) is 0 Å². The number of carbonyl (C=O) groups is 2. The number of rotatable bonds is 6. The van der Waals surface area contributed by atoms with E-state index in [0.29, 0.717) is 5.82 Å². The Morgan fingerprint density at radius 1 is 1.26 bits per heavy atom. The summed E-state index contributed by atoms with van der Waals surface area (Å²) < 4.78 is 0. The first-order valence-corrected chi connectivity index (χ1v) is 8.12. The number of nitrogens with zero attached hydrogens (tertiary/aromatic N) is 2. The fourth-order valence-electron chi connectivity index (χ4n) is 2.15. The average molecular weight is 336 g/mol. The van der Waals surface area contributed by atoms with Crippen molar-refractivity contribution in [2.24, 2.45) is 5.92 Å². The second-order valence-corrected chi connectivity index (χ2v) is 6.97. The second-order valence-electron chi connectivity index (χ2n) is 5.73. The summed E-state index contributed by atoms with van der Waals surface area (Å²) in [4.78, 5) is 33.7. The van der Waals surface area contributed by atoms with Gasteiger partial charge in [0.1, 0.15) is 29.1 Å². The van der Waals surface area contributed by atoms with Crippen LogP contribution in [0, 0.1) is 12.8 Å². The van der Waals surface area contributed by atoms with Crippen LogP contribution in [0.3, 0.4) is 0 Å². The Kier molecular flexibility index (Phi) is 5.15. The maximum atomic E-state index is 12.2. The van der Waals surface area contributed by atoms with Gasteiger partial charge >= 0.3 is 5.97 Å². The number of aryl methyl sites for hydroxylation is 1. The van der Waals surface area contributed by atoms with Crippen LogP contribution in [0.15, 0.2) is 12.4 Å². The molecule has 0 aliphatic heterocycles. The third-order valence-electron chi connectivity index (χ3n) is 3.43. The Labute approximate surface area is 138 Å².